The van der Waals surface area contributed by atoms with Gasteiger partial charge in [0.2, 0.25) is 0 Å². The van der Waals surface area contributed by atoms with Gasteiger partial charge in [0.25, 0.3) is 5.91 Å². The molecule has 0 spiro atoms. The molecule has 1 amide bonds. The highest BCUT2D eigenvalue weighted by Crippen LogP contribution is 2.47. The molecule has 1 saturated heterocycles. The third-order valence-corrected chi connectivity index (χ3v) is 7.00. The first kappa shape index (κ1) is 23.3. The smallest absolute Gasteiger partial charge is 0.320 e. The van der Waals surface area contributed by atoms with Crippen molar-refractivity contribution in [2.75, 3.05) is 44.6 Å². The predicted octanol–water partition coefficient (Wildman–Crippen LogP) is 3.33. The molecule has 0 radical (unpaired) electrons. The molecule has 1 N–H and O–H groups in total. The van der Waals surface area contributed by atoms with Crippen molar-refractivity contribution < 1.29 is 18.8 Å². The SMILES string of the molecule is CCOC(=O)CN1CCN(C2(c3ccccc3)C(=O)Nc3ccc(-c4c(C)noc4C)cc32)CC1. The molecule has 1 unspecified atom stereocenters. The van der Waals surface area contributed by atoms with Gasteiger partial charge in [-0.3, -0.25) is 19.4 Å². The van der Waals surface area contributed by atoms with Crippen molar-refractivity contribution in [1.82, 2.24) is 15.0 Å². The van der Waals surface area contributed by atoms with Crippen molar-refractivity contribution in [2.24, 2.45) is 0 Å². The number of hydrogen-bond donors (Lipinski definition) is 1. The topological polar surface area (TPSA) is 87.9 Å². The van der Waals surface area contributed by atoms with E-state index in [-0.39, 0.29) is 18.4 Å². The zero-order valence-electron chi connectivity index (χ0n) is 20.3. The molecule has 35 heavy (non-hydrogen) atoms. The number of carbonyl (C=O) groups excluding carboxylic acids is 2. The van der Waals surface area contributed by atoms with Crippen LogP contribution in [0.4, 0.5) is 5.69 Å². The summed E-state index contributed by atoms with van der Waals surface area (Å²) in [6.07, 6.45) is 0. The number of nitrogens with zero attached hydrogens (tertiary/aromatic N) is 3. The molecule has 1 fully saturated rings. The van der Waals surface area contributed by atoms with Gasteiger partial charge in [0.1, 0.15) is 5.76 Å². The number of aryl methyl sites for hydroxylation is 2. The third-order valence-electron chi connectivity index (χ3n) is 7.00. The molecule has 182 valence electrons. The highest BCUT2D eigenvalue weighted by atomic mass is 16.5. The first-order valence-electron chi connectivity index (χ1n) is 12.0. The summed E-state index contributed by atoms with van der Waals surface area (Å²) in [5, 5.41) is 7.26. The first-order chi connectivity index (χ1) is 16.9. The van der Waals surface area contributed by atoms with Crippen LogP contribution < -0.4 is 5.32 Å². The molecular formula is C27H30N4O4. The Labute approximate surface area is 204 Å². The lowest BCUT2D eigenvalue weighted by molar-refractivity contribution is -0.145. The maximum Gasteiger partial charge on any atom is 0.320 e. The fourth-order valence-electron chi connectivity index (χ4n) is 5.43. The van der Waals surface area contributed by atoms with Gasteiger partial charge in [-0.25, -0.2) is 0 Å². The van der Waals surface area contributed by atoms with Crippen LogP contribution in [0.25, 0.3) is 11.1 Å². The number of esters is 1. The Balaban J connectivity index is 1.56. The summed E-state index contributed by atoms with van der Waals surface area (Å²) in [4.78, 5) is 30.2. The van der Waals surface area contributed by atoms with Crippen LogP contribution in [0.5, 0.6) is 0 Å². The minimum absolute atomic E-state index is 0.0616. The number of anilines is 1. The maximum absolute atomic E-state index is 13.9. The van der Waals surface area contributed by atoms with Crippen LogP contribution in [0.1, 0.15) is 29.5 Å². The number of ether oxygens (including phenoxy) is 1. The van der Waals surface area contributed by atoms with E-state index < -0.39 is 5.54 Å². The van der Waals surface area contributed by atoms with E-state index in [0.717, 1.165) is 39.4 Å². The third kappa shape index (κ3) is 3.92. The summed E-state index contributed by atoms with van der Waals surface area (Å²) < 4.78 is 10.5. The Morgan fingerprint density at radius 1 is 1.11 bits per heavy atom. The lowest BCUT2D eigenvalue weighted by Gasteiger charge is -2.44. The quantitative estimate of drug-likeness (QED) is 0.548. The van der Waals surface area contributed by atoms with E-state index in [1.54, 1.807) is 0 Å². The molecule has 1 aromatic heterocycles. The molecule has 2 aliphatic heterocycles. The van der Waals surface area contributed by atoms with E-state index in [0.29, 0.717) is 32.8 Å². The van der Waals surface area contributed by atoms with Crippen LogP contribution in [0, 0.1) is 13.8 Å². The maximum atomic E-state index is 13.9. The molecule has 1 atom stereocenters. The van der Waals surface area contributed by atoms with Gasteiger partial charge in [0, 0.05) is 43.0 Å². The van der Waals surface area contributed by atoms with Gasteiger partial charge in [-0.1, -0.05) is 41.6 Å². The lowest BCUT2D eigenvalue weighted by Crippen LogP contribution is -2.59. The molecular weight excluding hydrogens is 444 g/mol. The zero-order chi connectivity index (χ0) is 24.6. The van der Waals surface area contributed by atoms with Crippen molar-refractivity contribution in [2.45, 2.75) is 26.3 Å². The van der Waals surface area contributed by atoms with Gasteiger partial charge in [-0.2, -0.15) is 0 Å². The molecule has 2 aromatic carbocycles. The number of nitrogens with one attached hydrogen (secondary N) is 1. The van der Waals surface area contributed by atoms with Crippen molar-refractivity contribution in [3.8, 4) is 11.1 Å². The number of hydrogen-bond acceptors (Lipinski definition) is 7. The van der Waals surface area contributed by atoms with E-state index in [9.17, 15) is 9.59 Å². The Bertz CT molecular complexity index is 1230. The number of piperazine rings is 1. The van der Waals surface area contributed by atoms with E-state index in [2.05, 4.69) is 26.3 Å². The highest BCUT2D eigenvalue weighted by molar-refractivity contribution is 6.09. The van der Waals surface area contributed by atoms with E-state index >= 15 is 0 Å². The van der Waals surface area contributed by atoms with Gasteiger partial charge >= 0.3 is 5.97 Å². The summed E-state index contributed by atoms with van der Waals surface area (Å²) in [5.74, 6) is 0.470. The molecule has 5 rings (SSSR count). The first-order valence-corrected chi connectivity index (χ1v) is 12.0. The Hall–Kier alpha value is -3.49. The largest absolute Gasteiger partial charge is 0.465 e. The summed E-state index contributed by atoms with van der Waals surface area (Å²) in [6.45, 7) is 8.88. The molecule has 0 aliphatic carbocycles. The van der Waals surface area contributed by atoms with Crippen LogP contribution >= 0.6 is 0 Å². The van der Waals surface area contributed by atoms with Crippen LogP contribution in [-0.4, -0.2) is 66.2 Å². The van der Waals surface area contributed by atoms with Gasteiger partial charge in [-0.05, 0) is 44.0 Å². The summed E-state index contributed by atoms with van der Waals surface area (Å²) in [7, 11) is 0. The molecule has 3 aromatic rings. The number of fused-ring (bicyclic) bond motifs is 1. The second-order valence-corrected chi connectivity index (χ2v) is 9.06. The minimum Gasteiger partial charge on any atom is -0.465 e. The summed E-state index contributed by atoms with van der Waals surface area (Å²) in [6, 6.07) is 16.0. The molecule has 0 saturated carbocycles. The number of rotatable bonds is 6. The van der Waals surface area contributed by atoms with Crippen LogP contribution in [-0.2, 0) is 19.9 Å². The standard InChI is InChI=1S/C27H30N4O4/c1-4-34-24(32)17-30-12-14-31(15-13-30)27(21-8-6-5-7-9-21)22-16-20(10-11-23(22)28-26(27)33)25-18(2)29-35-19(25)3/h5-11,16H,4,12-15,17H2,1-3H3,(H,28,33). The fraction of sp³-hybridized carbons (Fsp3) is 0.370. The van der Waals surface area contributed by atoms with Gasteiger partial charge in [0.15, 0.2) is 5.54 Å². The van der Waals surface area contributed by atoms with Gasteiger partial charge in [-0.15, -0.1) is 0 Å². The van der Waals surface area contributed by atoms with E-state index in [1.165, 1.54) is 0 Å². The van der Waals surface area contributed by atoms with Crippen molar-refractivity contribution in [3.63, 3.8) is 0 Å². The summed E-state index contributed by atoms with van der Waals surface area (Å²) >= 11 is 0. The van der Waals surface area contributed by atoms with Crippen LogP contribution in [0.15, 0.2) is 53.1 Å². The molecule has 8 nitrogen and oxygen atoms in total. The minimum atomic E-state index is -0.971. The van der Waals surface area contributed by atoms with Crippen molar-refractivity contribution >= 4 is 17.6 Å². The average molecular weight is 475 g/mol. The predicted molar refractivity (Wildman–Crippen MR) is 132 cm³/mol. The average Bonchev–Trinajstić information content (AvgIpc) is 3.35. The van der Waals surface area contributed by atoms with E-state index in [1.807, 2.05) is 63.2 Å². The van der Waals surface area contributed by atoms with E-state index in [4.69, 9.17) is 9.26 Å². The second kappa shape index (κ2) is 9.28. The van der Waals surface area contributed by atoms with Crippen molar-refractivity contribution in [3.05, 3.63) is 71.1 Å². The lowest BCUT2D eigenvalue weighted by atomic mass is 9.80. The fourth-order valence-corrected chi connectivity index (χ4v) is 5.43. The molecule has 2 aliphatic rings. The molecule has 8 heteroatoms. The Morgan fingerprint density at radius 2 is 1.86 bits per heavy atom. The number of amides is 1. The van der Waals surface area contributed by atoms with Crippen LogP contribution in [0.2, 0.25) is 0 Å². The van der Waals surface area contributed by atoms with Crippen LogP contribution in [0.3, 0.4) is 0 Å². The summed E-state index contributed by atoms with van der Waals surface area (Å²) in [5.41, 5.74) is 4.42. The number of benzene rings is 2. The Morgan fingerprint density at radius 3 is 2.51 bits per heavy atom. The zero-order valence-corrected chi connectivity index (χ0v) is 20.3. The highest BCUT2D eigenvalue weighted by Gasteiger charge is 2.53. The molecule has 3 heterocycles. The van der Waals surface area contributed by atoms with Crippen molar-refractivity contribution in [1.29, 1.82) is 0 Å². The Kier molecular flexibility index (Phi) is 6.17. The monoisotopic (exact) mass is 474 g/mol. The van der Waals surface area contributed by atoms with Gasteiger partial charge < -0.3 is 14.6 Å². The van der Waals surface area contributed by atoms with Gasteiger partial charge in [0.05, 0.1) is 18.8 Å². The normalized spacial score (nSPS) is 20.5. The molecule has 0 bridgehead atoms. The number of carbonyl (C=O) groups is 2. The number of aromatic nitrogens is 1. The second-order valence-electron chi connectivity index (χ2n) is 9.06.